The summed E-state index contributed by atoms with van der Waals surface area (Å²) in [6.07, 6.45) is 1.63. The maximum Gasteiger partial charge on any atom is 0.257 e. The molecule has 4 rings (SSSR count). The molecule has 0 aliphatic carbocycles. The van der Waals surface area contributed by atoms with Gasteiger partial charge < -0.3 is 14.2 Å². The Labute approximate surface area is 157 Å². The van der Waals surface area contributed by atoms with E-state index in [-0.39, 0.29) is 5.91 Å². The number of methoxy groups -OCH3 is 1. The molecule has 2 heterocycles. The summed E-state index contributed by atoms with van der Waals surface area (Å²) in [6, 6.07) is 17.1. The molecule has 1 aromatic heterocycles. The van der Waals surface area contributed by atoms with Crippen molar-refractivity contribution in [3.63, 3.8) is 0 Å². The number of aromatic nitrogens is 2. The molecule has 3 aromatic rings. The van der Waals surface area contributed by atoms with Gasteiger partial charge in [0.25, 0.3) is 11.8 Å². The van der Waals surface area contributed by atoms with Crippen LogP contribution in [0.5, 0.6) is 5.75 Å². The molecular formula is C21H21N3O3. The van der Waals surface area contributed by atoms with Gasteiger partial charge in [-0.1, -0.05) is 35.5 Å². The lowest BCUT2D eigenvalue weighted by Gasteiger charge is -2.17. The van der Waals surface area contributed by atoms with E-state index in [4.69, 9.17) is 9.26 Å². The summed E-state index contributed by atoms with van der Waals surface area (Å²) < 4.78 is 10.7. The number of carbonyl (C=O) groups excluding carboxylic acids is 1. The second kappa shape index (κ2) is 7.61. The number of ether oxygens (including phenoxy) is 1. The van der Waals surface area contributed by atoms with Gasteiger partial charge in [-0.25, -0.2) is 0 Å². The monoisotopic (exact) mass is 363 g/mol. The molecule has 1 amide bonds. The van der Waals surface area contributed by atoms with Crippen LogP contribution in [0.25, 0.3) is 11.5 Å². The lowest BCUT2D eigenvalue weighted by Crippen LogP contribution is -2.29. The average Bonchev–Trinajstić information content (AvgIpc) is 3.38. The topological polar surface area (TPSA) is 68.5 Å². The number of benzene rings is 2. The van der Waals surface area contributed by atoms with Crippen molar-refractivity contribution in [2.24, 2.45) is 5.92 Å². The minimum Gasteiger partial charge on any atom is -0.496 e. The number of likely N-dealkylation sites (tertiary alicyclic amines) is 1. The molecule has 1 aliphatic heterocycles. The molecule has 1 fully saturated rings. The van der Waals surface area contributed by atoms with Crippen LogP contribution in [0.1, 0.15) is 22.6 Å². The van der Waals surface area contributed by atoms with Gasteiger partial charge >= 0.3 is 0 Å². The van der Waals surface area contributed by atoms with E-state index in [0.717, 1.165) is 18.5 Å². The first-order valence-corrected chi connectivity index (χ1v) is 9.05. The summed E-state index contributed by atoms with van der Waals surface area (Å²) in [6.45, 7) is 1.41. The van der Waals surface area contributed by atoms with E-state index >= 15 is 0 Å². The van der Waals surface area contributed by atoms with E-state index in [2.05, 4.69) is 10.1 Å². The predicted molar refractivity (Wildman–Crippen MR) is 100 cm³/mol. The normalized spacial score (nSPS) is 16.5. The van der Waals surface area contributed by atoms with Crippen molar-refractivity contribution in [3.05, 3.63) is 66.0 Å². The van der Waals surface area contributed by atoms with Gasteiger partial charge in [-0.2, -0.15) is 4.98 Å². The van der Waals surface area contributed by atoms with E-state index in [1.165, 1.54) is 0 Å². The average molecular weight is 363 g/mol. The molecule has 1 aliphatic rings. The Bertz CT molecular complexity index is 923. The third kappa shape index (κ3) is 3.69. The Morgan fingerprint density at radius 2 is 1.96 bits per heavy atom. The molecule has 1 saturated heterocycles. The minimum atomic E-state index is 0.00744. The first-order chi connectivity index (χ1) is 13.2. The highest BCUT2D eigenvalue weighted by Crippen LogP contribution is 2.26. The highest BCUT2D eigenvalue weighted by molar-refractivity contribution is 5.97. The quantitative estimate of drug-likeness (QED) is 0.694. The van der Waals surface area contributed by atoms with Crippen molar-refractivity contribution < 1.29 is 14.1 Å². The maximum absolute atomic E-state index is 12.8. The first kappa shape index (κ1) is 17.3. The van der Waals surface area contributed by atoms with Gasteiger partial charge in [0.1, 0.15) is 5.75 Å². The van der Waals surface area contributed by atoms with Crippen LogP contribution in [0.3, 0.4) is 0 Å². The van der Waals surface area contributed by atoms with E-state index < -0.39 is 0 Å². The zero-order valence-electron chi connectivity index (χ0n) is 15.2. The molecular weight excluding hydrogens is 342 g/mol. The largest absolute Gasteiger partial charge is 0.496 e. The molecule has 0 radical (unpaired) electrons. The molecule has 1 unspecified atom stereocenters. The van der Waals surface area contributed by atoms with Crippen molar-refractivity contribution in [2.45, 2.75) is 12.8 Å². The van der Waals surface area contributed by atoms with Crippen molar-refractivity contribution in [1.82, 2.24) is 15.0 Å². The highest BCUT2D eigenvalue weighted by atomic mass is 16.5. The van der Waals surface area contributed by atoms with E-state index in [1.807, 2.05) is 53.4 Å². The number of hydrogen-bond donors (Lipinski definition) is 0. The van der Waals surface area contributed by atoms with Crippen LogP contribution in [0.2, 0.25) is 0 Å². The fraction of sp³-hybridized carbons (Fsp3) is 0.286. The molecule has 0 spiro atoms. The number of amides is 1. The second-order valence-electron chi connectivity index (χ2n) is 6.69. The van der Waals surface area contributed by atoms with Crippen LogP contribution in [0.15, 0.2) is 59.1 Å². The zero-order valence-corrected chi connectivity index (χ0v) is 15.2. The molecule has 0 N–H and O–H groups in total. The number of para-hydroxylation sites is 1. The molecule has 138 valence electrons. The van der Waals surface area contributed by atoms with Gasteiger partial charge in [0, 0.05) is 25.1 Å². The Balaban J connectivity index is 1.40. The minimum absolute atomic E-state index is 0.00744. The summed E-state index contributed by atoms with van der Waals surface area (Å²) in [7, 11) is 1.58. The van der Waals surface area contributed by atoms with Gasteiger partial charge in [-0.15, -0.1) is 0 Å². The summed E-state index contributed by atoms with van der Waals surface area (Å²) in [5.74, 6) is 2.16. The van der Waals surface area contributed by atoms with Crippen molar-refractivity contribution in [2.75, 3.05) is 20.2 Å². The lowest BCUT2D eigenvalue weighted by atomic mass is 10.0. The van der Waals surface area contributed by atoms with Gasteiger partial charge in [0.05, 0.1) is 12.7 Å². The fourth-order valence-corrected chi connectivity index (χ4v) is 3.47. The SMILES string of the molecule is COc1ccccc1C(=O)N1CCC(Cc2noc(-c3ccccc3)n2)C1. The smallest absolute Gasteiger partial charge is 0.257 e. The van der Waals surface area contributed by atoms with E-state index in [0.29, 0.717) is 41.9 Å². The highest BCUT2D eigenvalue weighted by Gasteiger charge is 2.29. The summed E-state index contributed by atoms with van der Waals surface area (Å²) >= 11 is 0. The maximum atomic E-state index is 12.8. The van der Waals surface area contributed by atoms with Gasteiger partial charge in [0.15, 0.2) is 5.82 Å². The lowest BCUT2D eigenvalue weighted by molar-refractivity contribution is 0.0783. The van der Waals surface area contributed by atoms with Crippen LogP contribution in [-0.4, -0.2) is 41.1 Å². The zero-order chi connectivity index (χ0) is 18.6. The third-order valence-corrected chi connectivity index (χ3v) is 4.87. The summed E-state index contributed by atoms with van der Waals surface area (Å²) in [5, 5.41) is 4.10. The molecule has 6 heteroatoms. The van der Waals surface area contributed by atoms with Crippen LogP contribution in [-0.2, 0) is 6.42 Å². The van der Waals surface area contributed by atoms with Crippen LogP contribution in [0.4, 0.5) is 0 Å². The molecule has 6 nitrogen and oxygen atoms in total. The Hall–Kier alpha value is -3.15. The van der Waals surface area contributed by atoms with Crippen molar-refractivity contribution in [1.29, 1.82) is 0 Å². The molecule has 2 aromatic carbocycles. The van der Waals surface area contributed by atoms with Gasteiger partial charge in [0.2, 0.25) is 0 Å². The standard InChI is InChI=1S/C21H21N3O3/c1-26-18-10-6-5-9-17(18)21(25)24-12-11-15(14-24)13-19-22-20(27-23-19)16-7-3-2-4-8-16/h2-10,15H,11-14H2,1H3. The van der Waals surface area contributed by atoms with Crippen LogP contribution >= 0.6 is 0 Å². The van der Waals surface area contributed by atoms with Crippen molar-refractivity contribution in [3.8, 4) is 17.2 Å². The molecule has 0 saturated carbocycles. The number of rotatable bonds is 5. The molecule has 0 bridgehead atoms. The number of hydrogen-bond acceptors (Lipinski definition) is 5. The van der Waals surface area contributed by atoms with Gasteiger partial charge in [-0.05, 0) is 36.6 Å². The van der Waals surface area contributed by atoms with Crippen molar-refractivity contribution >= 4 is 5.91 Å². The Kier molecular flexibility index (Phi) is 4.87. The fourth-order valence-electron chi connectivity index (χ4n) is 3.47. The van der Waals surface area contributed by atoms with Crippen LogP contribution in [0, 0.1) is 5.92 Å². The van der Waals surface area contributed by atoms with Gasteiger partial charge in [-0.3, -0.25) is 4.79 Å². The second-order valence-corrected chi connectivity index (χ2v) is 6.69. The Morgan fingerprint density at radius 1 is 1.19 bits per heavy atom. The number of nitrogens with zero attached hydrogens (tertiary/aromatic N) is 3. The predicted octanol–water partition coefficient (Wildman–Crippen LogP) is 3.45. The number of carbonyl (C=O) groups is 1. The third-order valence-electron chi connectivity index (χ3n) is 4.87. The molecule has 1 atom stereocenters. The van der Waals surface area contributed by atoms with Crippen LogP contribution < -0.4 is 4.74 Å². The Morgan fingerprint density at radius 3 is 2.78 bits per heavy atom. The van der Waals surface area contributed by atoms with E-state index in [9.17, 15) is 4.79 Å². The molecule has 27 heavy (non-hydrogen) atoms. The summed E-state index contributed by atoms with van der Waals surface area (Å²) in [5.41, 5.74) is 1.52. The van der Waals surface area contributed by atoms with E-state index in [1.54, 1.807) is 13.2 Å². The first-order valence-electron chi connectivity index (χ1n) is 9.05. The summed E-state index contributed by atoms with van der Waals surface area (Å²) in [4.78, 5) is 19.2.